The van der Waals surface area contributed by atoms with Crippen LogP contribution < -0.4 is 0 Å². The van der Waals surface area contributed by atoms with Crippen LogP contribution in [0.5, 0.6) is 0 Å². The molecule has 28 heavy (non-hydrogen) atoms. The van der Waals surface area contributed by atoms with E-state index in [1.807, 2.05) is 0 Å². The molecule has 3 fully saturated rings. The zero-order chi connectivity index (χ0) is 20.3. The van der Waals surface area contributed by atoms with E-state index in [4.69, 9.17) is 4.74 Å². The van der Waals surface area contributed by atoms with Crippen molar-refractivity contribution in [1.82, 2.24) is 0 Å². The van der Waals surface area contributed by atoms with Crippen LogP contribution in [0.4, 0.5) is 4.39 Å². The number of rotatable bonds is 2. The maximum Gasteiger partial charge on any atom is 0.367 e. The quantitative estimate of drug-likeness (QED) is 0.385. The van der Waals surface area contributed by atoms with Crippen molar-refractivity contribution in [2.24, 2.45) is 28.6 Å². The van der Waals surface area contributed by atoms with Crippen LogP contribution >= 0.6 is 0 Å². The summed E-state index contributed by atoms with van der Waals surface area (Å²) in [6.07, 6.45) is 7.34. The minimum atomic E-state index is -0.781. The maximum atomic E-state index is 15.0. The Morgan fingerprint density at radius 1 is 1.14 bits per heavy atom. The summed E-state index contributed by atoms with van der Waals surface area (Å²) in [5.74, 6) is 0.191. The van der Waals surface area contributed by atoms with Crippen LogP contribution in [0.25, 0.3) is 0 Å². The normalized spacial score (nSPS) is 44.5. The number of hydrogen-bond donors (Lipinski definition) is 1. The van der Waals surface area contributed by atoms with Crippen molar-refractivity contribution in [2.45, 2.75) is 85.2 Å². The van der Waals surface area contributed by atoms with Gasteiger partial charge in [0.25, 0.3) is 0 Å². The van der Waals surface area contributed by atoms with E-state index in [9.17, 15) is 14.3 Å². The molecule has 0 saturated heterocycles. The predicted octanol–water partition coefficient (Wildman–Crippen LogP) is 5.49. The van der Waals surface area contributed by atoms with E-state index < -0.39 is 11.8 Å². The van der Waals surface area contributed by atoms with Gasteiger partial charge in [-0.25, -0.2) is 4.79 Å². The van der Waals surface area contributed by atoms with Gasteiger partial charge in [0, 0.05) is 0 Å². The lowest BCUT2D eigenvalue weighted by atomic mass is 9.46. The second-order valence-corrected chi connectivity index (χ2v) is 10.2. The van der Waals surface area contributed by atoms with E-state index in [2.05, 4.69) is 20.8 Å². The van der Waals surface area contributed by atoms with Gasteiger partial charge in [-0.3, -0.25) is 0 Å². The second kappa shape index (κ2) is 6.97. The third-order valence-corrected chi connectivity index (χ3v) is 8.94. The minimum absolute atomic E-state index is 0.180. The van der Waals surface area contributed by atoms with Gasteiger partial charge in [-0.15, -0.1) is 0 Å². The summed E-state index contributed by atoms with van der Waals surface area (Å²) < 4.78 is 19.9. The van der Waals surface area contributed by atoms with Crippen LogP contribution in [0.15, 0.2) is 22.5 Å². The van der Waals surface area contributed by atoms with Crippen molar-refractivity contribution in [1.29, 1.82) is 0 Å². The van der Waals surface area contributed by atoms with E-state index in [0.717, 1.165) is 44.9 Å². The zero-order valence-electron chi connectivity index (χ0n) is 17.8. The lowest BCUT2D eigenvalue weighted by molar-refractivity contribution is -0.140. The number of fused-ring (bicyclic) bond motifs is 5. The first-order valence-corrected chi connectivity index (χ1v) is 11.2. The minimum Gasteiger partial charge on any atom is -0.461 e. The summed E-state index contributed by atoms with van der Waals surface area (Å²) >= 11 is 0. The molecule has 4 aliphatic rings. The van der Waals surface area contributed by atoms with Gasteiger partial charge in [-0.05, 0) is 99.4 Å². The Kier molecular flexibility index (Phi) is 5.01. The molecule has 0 unspecified atom stereocenters. The summed E-state index contributed by atoms with van der Waals surface area (Å²) in [4.78, 5) is 12.1. The van der Waals surface area contributed by atoms with E-state index in [0.29, 0.717) is 29.7 Å². The van der Waals surface area contributed by atoms with Crippen molar-refractivity contribution < 1.29 is 19.0 Å². The third kappa shape index (κ3) is 2.81. The van der Waals surface area contributed by atoms with E-state index in [-0.39, 0.29) is 23.5 Å². The zero-order valence-corrected chi connectivity index (χ0v) is 17.8. The van der Waals surface area contributed by atoms with Gasteiger partial charge >= 0.3 is 5.97 Å². The number of allylic oxidation sites excluding steroid dienone is 2. The fourth-order valence-electron chi connectivity index (χ4n) is 7.59. The molecule has 0 aromatic heterocycles. The van der Waals surface area contributed by atoms with Crippen LogP contribution in [0.3, 0.4) is 0 Å². The molecule has 4 heteroatoms. The molecule has 156 valence electrons. The number of hydrogen-bond acceptors (Lipinski definition) is 3. The summed E-state index contributed by atoms with van der Waals surface area (Å²) in [5, 5.41) is 10.2. The van der Waals surface area contributed by atoms with E-state index >= 15 is 0 Å². The Balaban J connectivity index is 1.68. The largest absolute Gasteiger partial charge is 0.461 e. The van der Waals surface area contributed by atoms with Crippen LogP contribution in [0, 0.1) is 28.6 Å². The lowest BCUT2D eigenvalue weighted by Gasteiger charge is -2.58. The summed E-state index contributed by atoms with van der Waals surface area (Å²) in [5.41, 5.74) is 3.63. The molecule has 0 spiro atoms. The molecule has 4 rings (SSSR count). The lowest BCUT2D eigenvalue weighted by Crippen LogP contribution is -2.50. The second-order valence-electron chi connectivity index (χ2n) is 10.2. The highest BCUT2D eigenvalue weighted by Crippen LogP contribution is 2.67. The Morgan fingerprint density at radius 2 is 1.82 bits per heavy atom. The van der Waals surface area contributed by atoms with Crippen LogP contribution in [-0.2, 0) is 9.53 Å². The summed E-state index contributed by atoms with van der Waals surface area (Å²) in [6.45, 7) is 8.79. The summed E-state index contributed by atoms with van der Waals surface area (Å²) in [7, 11) is 0. The Bertz CT molecular complexity index is 738. The first-order chi connectivity index (χ1) is 13.2. The van der Waals surface area contributed by atoms with Gasteiger partial charge < -0.3 is 9.84 Å². The SMILES string of the molecule is CCOC(=O)C(F)=C1CC[C@H]2[C@@H]3CC(C)=C4C[C@@H](O)CC[C@]4(C)[C@H]3CC[C@]12C. The highest BCUT2D eigenvalue weighted by molar-refractivity contribution is 5.87. The van der Waals surface area contributed by atoms with Gasteiger partial charge in [0.1, 0.15) is 0 Å². The van der Waals surface area contributed by atoms with Crippen molar-refractivity contribution >= 4 is 5.97 Å². The molecule has 0 aromatic rings. The number of halogens is 1. The van der Waals surface area contributed by atoms with Crippen molar-refractivity contribution in [3.63, 3.8) is 0 Å². The highest BCUT2D eigenvalue weighted by atomic mass is 19.1. The van der Waals surface area contributed by atoms with Gasteiger partial charge in [0.2, 0.25) is 5.83 Å². The topological polar surface area (TPSA) is 46.5 Å². The predicted molar refractivity (Wildman–Crippen MR) is 107 cm³/mol. The number of carbonyl (C=O) groups excluding carboxylic acids is 1. The van der Waals surface area contributed by atoms with E-state index in [1.54, 1.807) is 6.92 Å². The van der Waals surface area contributed by atoms with E-state index in [1.165, 1.54) is 11.1 Å². The molecule has 0 aliphatic heterocycles. The summed E-state index contributed by atoms with van der Waals surface area (Å²) in [6, 6.07) is 0. The third-order valence-electron chi connectivity index (χ3n) is 8.94. The highest BCUT2D eigenvalue weighted by Gasteiger charge is 2.58. The molecular weight excluding hydrogens is 355 g/mol. The average molecular weight is 391 g/mol. The molecule has 0 bridgehead atoms. The van der Waals surface area contributed by atoms with Gasteiger partial charge in [-0.1, -0.05) is 25.0 Å². The Morgan fingerprint density at radius 3 is 2.54 bits per heavy atom. The van der Waals surface area contributed by atoms with Gasteiger partial charge in [-0.2, -0.15) is 4.39 Å². The van der Waals surface area contributed by atoms with Crippen molar-refractivity contribution in [3.05, 3.63) is 22.5 Å². The molecule has 1 N–H and O–H groups in total. The van der Waals surface area contributed by atoms with Crippen LogP contribution in [0.2, 0.25) is 0 Å². The molecule has 3 nitrogen and oxygen atoms in total. The number of esters is 1. The first-order valence-electron chi connectivity index (χ1n) is 11.2. The molecule has 6 atom stereocenters. The fraction of sp³-hybridized carbons (Fsp3) is 0.792. The van der Waals surface area contributed by atoms with Crippen molar-refractivity contribution in [2.75, 3.05) is 6.61 Å². The van der Waals surface area contributed by atoms with Gasteiger partial charge in [0.15, 0.2) is 0 Å². The molecule has 0 radical (unpaired) electrons. The van der Waals surface area contributed by atoms with Crippen LogP contribution in [0.1, 0.15) is 79.1 Å². The first kappa shape index (κ1) is 20.1. The number of aliphatic hydroxyl groups excluding tert-OH is 1. The monoisotopic (exact) mass is 390 g/mol. The standard InChI is InChI=1S/C24H35FO3/c1-5-28-22(27)21(25)19-7-6-17-16-12-14(2)20-13-15(26)8-10-24(20,4)18(16)9-11-23(17,19)3/h15-18,26H,5-13H2,1-4H3/t15-,16-,17-,18-,23-,24+/m0/s1. The molecule has 0 heterocycles. The molecule has 3 saturated carbocycles. The maximum absolute atomic E-state index is 15.0. The van der Waals surface area contributed by atoms with Crippen LogP contribution in [-0.4, -0.2) is 23.8 Å². The molecule has 4 aliphatic carbocycles. The van der Waals surface area contributed by atoms with Gasteiger partial charge in [0.05, 0.1) is 12.7 Å². The Hall–Kier alpha value is -1.16. The Labute approximate surface area is 168 Å². The molecule has 0 aromatic carbocycles. The average Bonchev–Trinajstić information content (AvgIpc) is 3.00. The molecule has 0 amide bonds. The smallest absolute Gasteiger partial charge is 0.367 e. The number of ether oxygens (including phenoxy) is 1. The fourth-order valence-corrected chi connectivity index (χ4v) is 7.59. The molecular formula is C24H35FO3. The number of carbonyl (C=O) groups is 1. The number of aliphatic hydroxyl groups is 1. The van der Waals surface area contributed by atoms with Crippen molar-refractivity contribution in [3.8, 4) is 0 Å².